The molecule has 190 valence electrons. The van der Waals surface area contributed by atoms with Crippen LogP contribution >= 0.6 is 0 Å². The van der Waals surface area contributed by atoms with Crippen LogP contribution in [0.1, 0.15) is 71.4 Å². The highest BCUT2D eigenvalue weighted by Crippen LogP contribution is 2.37. The zero-order valence-electron chi connectivity index (χ0n) is 21.8. The Morgan fingerprint density at radius 1 is 0.971 bits per heavy atom. The van der Waals surface area contributed by atoms with E-state index in [1.165, 1.54) is 0 Å². The highest BCUT2D eigenvalue weighted by atomic mass is 16.6. The maximum Gasteiger partial charge on any atom is 0.410 e. The van der Waals surface area contributed by atoms with Crippen LogP contribution in [0.2, 0.25) is 0 Å². The quantitative estimate of drug-likeness (QED) is 0.438. The molecule has 0 heterocycles. The zero-order chi connectivity index (χ0) is 25.5. The lowest BCUT2D eigenvalue weighted by Gasteiger charge is -2.48. The molecule has 6 nitrogen and oxygen atoms in total. The van der Waals surface area contributed by atoms with E-state index >= 15 is 0 Å². The Balaban J connectivity index is 1.77. The number of hydrogen-bond donors (Lipinski definition) is 0. The molecule has 3 rings (SSSR count). The van der Waals surface area contributed by atoms with Crippen molar-refractivity contribution in [2.45, 2.75) is 90.6 Å². The van der Waals surface area contributed by atoms with Gasteiger partial charge in [0.2, 0.25) is 0 Å². The normalized spacial score (nSPS) is 20.1. The molecule has 35 heavy (non-hydrogen) atoms. The zero-order valence-corrected chi connectivity index (χ0v) is 21.8. The van der Waals surface area contributed by atoms with Crippen LogP contribution in [0.3, 0.4) is 0 Å². The Hall–Kier alpha value is -3.02. The second-order valence-electron chi connectivity index (χ2n) is 10.6. The van der Waals surface area contributed by atoms with Gasteiger partial charge in [-0.3, -0.25) is 0 Å². The van der Waals surface area contributed by atoms with Crippen molar-refractivity contribution in [1.29, 1.82) is 0 Å². The van der Waals surface area contributed by atoms with Gasteiger partial charge in [0, 0.05) is 24.7 Å². The molecule has 2 atom stereocenters. The fourth-order valence-corrected chi connectivity index (χ4v) is 4.91. The number of benzene rings is 2. The summed E-state index contributed by atoms with van der Waals surface area (Å²) in [5, 5.41) is 0. The highest BCUT2D eigenvalue weighted by molar-refractivity contribution is 5.70. The van der Waals surface area contributed by atoms with E-state index in [-0.39, 0.29) is 24.8 Å². The lowest BCUT2D eigenvalue weighted by atomic mass is 9.78. The molecule has 0 N–H and O–H groups in total. The SMILES string of the molecule is CCN(C(=O)OCc1ccccc1)[C@@]1(C)CCC[C@@H](N(Cc2ccccc2)C(=O)OC(C)(C)C)C1. The Labute approximate surface area is 210 Å². The molecule has 2 aromatic rings. The van der Waals surface area contributed by atoms with Crippen LogP contribution in [0.15, 0.2) is 60.7 Å². The van der Waals surface area contributed by atoms with Crippen LogP contribution in [0, 0.1) is 0 Å². The minimum absolute atomic E-state index is 0.0419. The van der Waals surface area contributed by atoms with Crippen molar-refractivity contribution in [2.24, 2.45) is 0 Å². The van der Waals surface area contributed by atoms with Crippen molar-refractivity contribution >= 4 is 12.2 Å². The van der Waals surface area contributed by atoms with Gasteiger partial charge in [0.1, 0.15) is 12.2 Å². The summed E-state index contributed by atoms with van der Waals surface area (Å²) >= 11 is 0. The molecule has 1 aliphatic rings. The van der Waals surface area contributed by atoms with E-state index < -0.39 is 11.1 Å². The highest BCUT2D eigenvalue weighted by Gasteiger charge is 2.43. The summed E-state index contributed by atoms with van der Waals surface area (Å²) < 4.78 is 11.5. The van der Waals surface area contributed by atoms with E-state index in [0.29, 0.717) is 19.5 Å². The molecular formula is C29H40N2O4. The van der Waals surface area contributed by atoms with Gasteiger partial charge in [0.15, 0.2) is 0 Å². The maximum absolute atomic E-state index is 13.3. The van der Waals surface area contributed by atoms with Gasteiger partial charge in [-0.15, -0.1) is 0 Å². The molecule has 0 saturated heterocycles. The second-order valence-corrected chi connectivity index (χ2v) is 10.6. The van der Waals surface area contributed by atoms with Crippen LogP contribution in [-0.2, 0) is 22.6 Å². The van der Waals surface area contributed by atoms with E-state index in [4.69, 9.17) is 9.47 Å². The first-order valence-corrected chi connectivity index (χ1v) is 12.6. The van der Waals surface area contributed by atoms with Crippen molar-refractivity contribution in [3.63, 3.8) is 0 Å². The molecule has 0 aliphatic heterocycles. The summed E-state index contributed by atoms with van der Waals surface area (Å²) in [7, 11) is 0. The summed E-state index contributed by atoms with van der Waals surface area (Å²) in [6.07, 6.45) is 2.70. The van der Waals surface area contributed by atoms with Gasteiger partial charge in [-0.1, -0.05) is 60.7 Å². The van der Waals surface area contributed by atoms with Gasteiger partial charge in [0.05, 0.1) is 0 Å². The van der Waals surface area contributed by atoms with Gasteiger partial charge in [-0.05, 0) is 71.4 Å². The van der Waals surface area contributed by atoms with Gasteiger partial charge in [-0.25, -0.2) is 9.59 Å². The van der Waals surface area contributed by atoms with Gasteiger partial charge in [-0.2, -0.15) is 0 Å². The number of ether oxygens (including phenoxy) is 2. The van der Waals surface area contributed by atoms with Crippen LogP contribution < -0.4 is 0 Å². The third kappa shape index (κ3) is 7.48. The fourth-order valence-electron chi connectivity index (χ4n) is 4.91. The topological polar surface area (TPSA) is 59.1 Å². The van der Waals surface area contributed by atoms with Gasteiger partial charge < -0.3 is 19.3 Å². The van der Waals surface area contributed by atoms with Crippen molar-refractivity contribution in [2.75, 3.05) is 6.54 Å². The smallest absolute Gasteiger partial charge is 0.410 e. The standard InChI is InChI=1S/C29H40N2O4/c1-6-31(27(33)34-22-24-16-11-8-12-17-24)29(5)19-13-18-25(20-29)30(26(32)35-28(2,3)4)21-23-14-9-7-10-15-23/h7-12,14-17,25H,6,13,18-22H2,1-5H3/t25-,29+/m1/s1. The fraction of sp³-hybridized carbons (Fsp3) is 0.517. The van der Waals surface area contributed by atoms with E-state index in [2.05, 4.69) is 6.92 Å². The molecule has 1 fully saturated rings. The largest absolute Gasteiger partial charge is 0.445 e. The molecule has 1 aliphatic carbocycles. The van der Waals surface area contributed by atoms with Crippen LogP contribution in [0.4, 0.5) is 9.59 Å². The number of carbonyl (C=O) groups excluding carboxylic acids is 2. The summed E-state index contributed by atoms with van der Waals surface area (Å²) in [5.74, 6) is 0. The maximum atomic E-state index is 13.3. The first-order valence-electron chi connectivity index (χ1n) is 12.6. The van der Waals surface area contributed by atoms with Crippen LogP contribution in [-0.4, -0.2) is 45.7 Å². The summed E-state index contributed by atoms with van der Waals surface area (Å²) in [5.41, 5.74) is 1.02. The molecule has 0 radical (unpaired) electrons. The van der Waals surface area contributed by atoms with Gasteiger partial charge >= 0.3 is 12.2 Å². The predicted molar refractivity (Wildman–Crippen MR) is 138 cm³/mol. The van der Waals surface area contributed by atoms with Crippen molar-refractivity contribution in [3.05, 3.63) is 71.8 Å². The Morgan fingerprint density at radius 2 is 1.57 bits per heavy atom. The van der Waals surface area contributed by atoms with E-state index in [1.54, 1.807) is 0 Å². The molecule has 1 saturated carbocycles. The van der Waals surface area contributed by atoms with Crippen molar-refractivity contribution in [1.82, 2.24) is 9.80 Å². The number of amides is 2. The molecule has 0 bridgehead atoms. The Kier molecular flexibility index (Phi) is 8.82. The van der Waals surface area contributed by atoms with Crippen LogP contribution in [0.5, 0.6) is 0 Å². The average Bonchev–Trinajstić information content (AvgIpc) is 2.81. The summed E-state index contributed by atoms with van der Waals surface area (Å²) in [6, 6.07) is 19.7. The van der Waals surface area contributed by atoms with E-state index in [0.717, 1.165) is 30.4 Å². The number of rotatable bonds is 7. The molecule has 0 spiro atoms. The molecule has 2 amide bonds. The van der Waals surface area contributed by atoms with Crippen molar-refractivity contribution < 1.29 is 19.1 Å². The minimum atomic E-state index is -0.583. The predicted octanol–water partition coefficient (Wildman–Crippen LogP) is 6.78. The average molecular weight is 481 g/mol. The number of hydrogen-bond acceptors (Lipinski definition) is 4. The Bertz CT molecular complexity index is 958. The lowest BCUT2D eigenvalue weighted by molar-refractivity contribution is -0.0112. The lowest BCUT2D eigenvalue weighted by Crippen LogP contribution is -2.56. The second kappa shape index (κ2) is 11.6. The first kappa shape index (κ1) is 26.6. The third-order valence-corrected chi connectivity index (χ3v) is 6.59. The first-order chi connectivity index (χ1) is 16.6. The third-order valence-electron chi connectivity index (χ3n) is 6.59. The van der Waals surface area contributed by atoms with E-state index in [9.17, 15) is 9.59 Å². The molecule has 6 heteroatoms. The summed E-state index contributed by atoms with van der Waals surface area (Å²) in [4.78, 5) is 30.1. The molecule has 0 unspecified atom stereocenters. The van der Waals surface area contributed by atoms with Crippen molar-refractivity contribution in [3.8, 4) is 0 Å². The van der Waals surface area contributed by atoms with Crippen LogP contribution in [0.25, 0.3) is 0 Å². The Morgan fingerprint density at radius 3 is 2.14 bits per heavy atom. The molecule has 0 aromatic heterocycles. The van der Waals surface area contributed by atoms with Gasteiger partial charge in [0.25, 0.3) is 0 Å². The monoisotopic (exact) mass is 480 g/mol. The number of carbonyl (C=O) groups is 2. The van der Waals surface area contributed by atoms with E-state index in [1.807, 2.05) is 98.2 Å². The number of nitrogens with zero attached hydrogens (tertiary/aromatic N) is 2. The molecular weight excluding hydrogens is 440 g/mol. The summed E-state index contributed by atoms with van der Waals surface area (Å²) in [6.45, 7) is 11.0. The minimum Gasteiger partial charge on any atom is -0.445 e. The molecule has 2 aromatic carbocycles.